The zero-order valence-electron chi connectivity index (χ0n) is 32.6. The summed E-state index contributed by atoms with van der Waals surface area (Å²) in [7, 11) is 0. The second kappa shape index (κ2) is 15.7. The third-order valence-corrected chi connectivity index (χ3v) is 20.0. The maximum Gasteiger partial charge on any atom is 0.101 e. The molecule has 8 bridgehead atoms. The quantitative estimate of drug-likeness (QED) is 0.279. The van der Waals surface area contributed by atoms with E-state index in [4.69, 9.17) is 18.9 Å². The zero-order chi connectivity index (χ0) is 35.6. The number of fused-ring (bicyclic) bond motifs is 8. The zero-order valence-corrected chi connectivity index (χ0v) is 35.9. The Morgan fingerprint density at radius 2 is 0.538 bits per heavy atom. The van der Waals surface area contributed by atoms with Crippen molar-refractivity contribution in [3.05, 3.63) is 0 Å². The van der Waals surface area contributed by atoms with Gasteiger partial charge in [0.15, 0.2) is 0 Å². The molecule has 296 valence electrons. The highest BCUT2D eigenvalue weighted by molar-refractivity contribution is 8.00. The Kier molecular flexibility index (Phi) is 11.6. The van der Waals surface area contributed by atoms with Gasteiger partial charge >= 0.3 is 0 Å². The lowest BCUT2D eigenvalue weighted by molar-refractivity contribution is -0.133. The average Bonchev–Trinajstić information content (AvgIpc) is 3.93. The third-order valence-electron chi connectivity index (χ3n) is 15.1. The van der Waals surface area contributed by atoms with Crippen LogP contribution in [0.5, 0.6) is 0 Å². The molecule has 0 radical (unpaired) electrons. The highest BCUT2D eigenvalue weighted by atomic mass is 32.2. The second-order valence-electron chi connectivity index (χ2n) is 18.4. The van der Waals surface area contributed by atoms with Crippen LogP contribution in [0.4, 0.5) is 0 Å². The minimum atomic E-state index is 0.251. The van der Waals surface area contributed by atoms with Crippen molar-refractivity contribution in [3.8, 4) is 0 Å². The summed E-state index contributed by atoms with van der Waals surface area (Å²) < 4.78 is 24.6. The normalized spacial score (nSPS) is 54.7. The Bertz CT molecular complexity index is 1040. The van der Waals surface area contributed by atoms with Crippen LogP contribution in [-0.4, -0.2) is 165 Å². The van der Waals surface area contributed by atoms with Gasteiger partial charge in [-0.2, -0.15) is 0 Å². The van der Waals surface area contributed by atoms with Gasteiger partial charge in [0, 0.05) is 49.2 Å². The van der Waals surface area contributed by atoms with Gasteiger partial charge in [-0.3, -0.25) is 0 Å². The Balaban J connectivity index is 0.0000000923. The van der Waals surface area contributed by atoms with Crippen molar-refractivity contribution < 1.29 is 18.9 Å². The van der Waals surface area contributed by atoms with E-state index in [9.17, 15) is 0 Å². The van der Waals surface area contributed by atoms with Gasteiger partial charge in [-0.15, -0.1) is 47.0 Å². The lowest BCUT2D eigenvalue weighted by atomic mass is 9.76. The molecule has 0 aliphatic carbocycles. The maximum atomic E-state index is 6.14. The van der Waals surface area contributed by atoms with Crippen LogP contribution in [0.25, 0.3) is 0 Å². The number of nitrogens with zero attached hydrogens (tertiary/aromatic N) is 4. The van der Waals surface area contributed by atoms with Crippen LogP contribution in [0.3, 0.4) is 0 Å². The summed E-state index contributed by atoms with van der Waals surface area (Å²) in [5.41, 5.74) is 2.73. The molecule has 8 nitrogen and oxygen atoms in total. The molecule has 16 aliphatic rings. The molecule has 0 aromatic rings. The van der Waals surface area contributed by atoms with E-state index in [1.54, 1.807) is 0 Å². The molecule has 12 heteroatoms. The predicted octanol–water partition coefficient (Wildman–Crippen LogP) is 6.24. The molecule has 0 N–H and O–H groups in total. The van der Waals surface area contributed by atoms with Gasteiger partial charge in [-0.25, -0.2) is 0 Å². The largest absolute Gasteiger partial charge is 0.359 e. The molecule has 52 heavy (non-hydrogen) atoms. The lowest BCUT2D eigenvalue weighted by Gasteiger charge is -2.50. The molecule has 16 fully saturated rings. The first-order valence-corrected chi connectivity index (χ1v) is 25.4. The van der Waals surface area contributed by atoms with E-state index in [0.717, 1.165) is 23.7 Å². The molecule has 0 amide bonds. The van der Waals surface area contributed by atoms with Crippen molar-refractivity contribution in [1.29, 1.82) is 0 Å². The lowest BCUT2D eigenvalue weighted by Crippen LogP contribution is -2.60. The minimum Gasteiger partial charge on any atom is -0.359 e. The summed E-state index contributed by atoms with van der Waals surface area (Å²) in [4.78, 5) is 10.3. The number of hydrogen-bond acceptors (Lipinski definition) is 12. The van der Waals surface area contributed by atoms with Gasteiger partial charge in [0.25, 0.3) is 0 Å². The Labute approximate surface area is 332 Å². The fourth-order valence-corrected chi connectivity index (χ4v) is 17.0. The van der Waals surface area contributed by atoms with Crippen molar-refractivity contribution in [2.24, 2.45) is 23.7 Å². The van der Waals surface area contributed by atoms with Crippen molar-refractivity contribution >= 4 is 47.0 Å². The van der Waals surface area contributed by atoms with Gasteiger partial charge in [0.2, 0.25) is 0 Å². The van der Waals surface area contributed by atoms with E-state index in [-0.39, 0.29) is 22.4 Å². The molecule has 16 saturated heterocycles. The number of ether oxygens (including phenoxy) is 4. The van der Waals surface area contributed by atoms with Gasteiger partial charge in [-0.05, 0) is 155 Å². The fraction of sp³-hybridized carbons (Fsp3) is 1.00. The van der Waals surface area contributed by atoms with Crippen LogP contribution < -0.4 is 0 Å². The summed E-state index contributed by atoms with van der Waals surface area (Å²) in [5.74, 6) is 8.35. The highest BCUT2D eigenvalue weighted by Gasteiger charge is 2.54. The molecule has 0 saturated carbocycles. The standard InChI is InChI=1S/4C10H17NOS/c4*1-8-12-10(7-13-8)6-11-4-2-9(10)3-5-11/h4*8-9H,2-7H2,1H3/t3*8-,10-;/m000./s1. The number of rotatable bonds is 0. The van der Waals surface area contributed by atoms with Crippen LogP contribution in [0.1, 0.15) is 79.1 Å². The van der Waals surface area contributed by atoms with E-state index in [2.05, 4.69) is 47.3 Å². The van der Waals surface area contributed by atoms with Gasteiger partial charge in [-0.1, -0.05) is 0 Å². The molecule has 0 aromatic heterocycles. The molecule has 16 aliphatic heterocycles. The summed E-state index contributed by atoms with van der Waals surface area (Å²) >= 11 is 7.97. The molecule has 16 heterocycles. The first-order valence-electron chi connectivity index (χ1n) is 21.2. The van der Waals surface area contributed by atoms with Crippen LogP contribution in [-0.2, 0) is 18.9 Å². The summed E-state index contributed by atoms with van der Waals surface area (Å²) in [6.45, 7) is 24.1. The third kappa shape index (κ3) is 7.69. The van der Waals surface area contributed by atoms with E-state index >= 15 is 0 Å². The molecule has 8 atom stereocenters. The van der Waals surface area contributed by atoms with Crippen molar-refractivity contribution in [1.82, 2.24) is 19.6 Å². The first-order chi connectivity index (χ1) is 25.1. The summed E-state index contributed by atoms with van der Waals surface area (Å²) in [6, 6.07) is 0. The van der Waals surface area contributed by atoms with Crippen LogP contribution in [0, 0.1) is 23.7 Å². The van der Waals surface area contributed by atoms with Crippen molar-refractivity contribution in [2.45, 2.75) is 123 Å². The highest BCUT2D eigenvalue weighted by Crippen LogP contribution is 2.49. The van der Waals surface area contributed by atoms with Gasteiger partial charge in [0.05, 0.1) is 22.4 Å². The fourth-order valence-electron chi connectivity index (χ4n) is 12.3. The van der Waals surface area contributed by atoms with E-state index < -0.39 is 0 Å². The van der Waals surface area contributed by atoms with Crippen molar-refractivity contribution in [2.75, 3.05) is 102 Å². The Morgan fingerprint density at radius 3 is 0.654 bits per heavy atom. The molecular formula is C40H68N4O4S4. The second-order valence-corrected chi connectivity index (χ2v) is 23.6. The monoisotopic (exact) mass is 796 g/mol. The topological polar surface area (TPSA) is 49.9 Å². The average molecular weight is 797 g/mol. The molecule has 4 spiro atoms. The van der Waals surface area contributed by atoms with Gasteiger partial charge < -0.3 is 38.5 Å². The maximum absolute atomic E-state index is 6.14. The summed E-state index contributed by atoms with van der Waals surface area (Å²) in [6.07, 6.45) is 10.9. The van der Waals surface area contributed by atoms with E-state index in [0.29, 0.717) is 21.7 Å². The predicted molar refractivity (Wildman–Crippen MR) is 220 cm³/mol. The van der Waals surface area contributed by atoms with E-state index in [1.165, 1.54) is 153 Å². The Morgan fingerprint density at radius 1 is 0.346 bits per heavy atom. The molecule has 0 aromatic carbocycles. The molecule has 2 unspecified atom stereocenters. The molecule has 16 rings (SSSR count). The number of hydrogen-bond donors (Lipinski definition) is 0. The van der Waals surface area contributed by atoms with Gasteiger partial charge in [0.1, 0.15) is 21.7 Å². The molecular weight excluding hydrogens is 729 g/mol. The van der Waals surface area contributed by atoms with Crippen molar-refractivity contribution in [3.63, 3.8) is 0 Å². The summed E-state index contributed by atoms with van der Waals surface area (Å²) in [5, 5.41) is 0. The Hall–Kier alpha value is 1.08. The SMILES string of the molecule is CC1OC2(CS1)CN1CCC2CC1.C[C@H]1O[C@]2(CS1)CN1CCC2CC1.C[C@H]1O[C@]2(CS1)CN1CCC2CC1.C[C@H]1O[C@]2(CS1)CN1CCC2CC1. The van der Waals surface area contributed by atoms with Crippen LogP contribution in [0.15, 0.2) is 0 Å². The van der Waals surface area contributed by atoms with Crippen LogP contribution in [0.2, 0.25) is 0 Å². The van der Waals surface area contributed by atoms with Crippen LogP contribution >= 0.6 is 47.0 Å². The number of thioether (sulfide) groups is 4. The smallest absolute Gasteiger partial charge is 0.101 e. The first kappa shape index (κ1) is 38.6. The van der Waals surface area contributed by atoms with E-state index in [1.807, 2.05) is 47.0 Å². The minimum absolute atomic E-state index is 0.251. The number of piperidine rings is 12.